The first kappa shape index (κ1) is 14.0. The van der Waals surface area contributed by atoms with E-state index in [1.54, 1.807) is 11.3 Å². The summed E-state index contributed by atoms with van der Waals surface area (Å²) >= 11 is 1.77. The Morgan fingerprint density at radius 2 is 2.33 bits per heavy atom. The van der Waals surface area contributed by atoms with E-state index < -0.39 is 0 Å². The maximum atomic E-state index is 4.48. The third-order valence-electron chi connectivity index (χ3n) is 3.57. The number of thiazole rings is 1. The molecule has 0 saturated carbocycles. The van der Waals surface area contributed by atoms with Crippen LogP contribution in [0.2, 0.25) is 0 Å². The molecule has 102 valence electrons. The van der Waals surface area contributed by atoms with Gasteiger partial charge in [-0.3, -0.25) is 4.90 Å². The quantitative estimate of drug-likeness (QED) is 0.859. The van der Waals surface area contributed by atoms with E-state index in [-0.39, 0.29) is 0 Å². The van der Waals surface area contributed by atoms with E-state index in [9.17, 15) is 0 Å². The summed E-state index contributed by atoms with van der Waals surface area (Å²) in [6.07, 6.45) is 4.56. The van der Waals surface area contributed by atoms with Gasteiger partial charge in [-0.25, -0.2) is 4.98 Å². The maximum Gasteiger partial charge on any atom is 0.109 e. The average Bonchev–Trinajstić information content (AvgIpc) is 2.99. The molecule has 2 unspecified atom stereocenters. The summed E-state index contributed by atoms with van der Waals surface area (Å²) < 4.78 is 0. The van der Waals surface area contributed by atoms with Gasteiger partial charge >= 0.3 is 0 Å². The lowest BCUT2D eigenvalue weighted by atomic mass is 10.1. The Labute approximate surface area is 115 Å². The van der Waals surface area contributed by atoms with Crippen LogP contribution in [0, 0.1) is 5.92 Å². The second kappa shape index (κ2) is 6.64. The Morgan fingerprint density at radius 1 is 1.50 bits per heavy atom. The number of nitrogens with one attached hydrogen (secondary N) is 1. The summed E-state index contributed by atoms with van der Waals surface area (Å²) in [7, 11) is 0. The van der Waals surface area contributed by atoms with Crippen molar-refractivity contribution in [1.82, 2.24) is 15.2 Å². The molecule has 1 aromatic heterocycles. The fourth-order valence-electron chi connectivity index (χ4n) is 2.65. The van der Waals surface area contributed by atoms with Gasteiger partial charge in [0.1, 0.15) is 5.01 Å². The van der Waals surface area contributed by atoms with Crippen LogP contribution in [-0.2, 0) is 0 Å². The standard InChI is InChI=1S/C14H25N3S/c1-11(2)9-17(10-13-5-4-6-15-13)12(3)14-16-7-8-18-14/h7-8,11-13,15H,4-6,9-10H2,1-3H3. The maximum absolute atomic E-state index is 4.48. The van der Waals surface area contributed by atoms with Crippen molar-refractivity contribution in [3.8, 4) is 0 Å². The van der Waals surface area contributed by atoms with E-state index in [1.807, 2.05) is 6.20 Å². The highest BCUT2D eigenvalue weighted by molar-refractivity contribution is 7.09. The third-order valence-corrected chi connectivity index (χ3v) is 4.52. The SMILES string of the molecule is CC(C)CN(CC1CCCN1)C(C)c1nccs1. The summed E-state index contributed by atoms with van der Waals surface area (Å²) in [6.45, 7) is 10.4. The molecule has 18 heavy (non-hydrogen) atoms. The highest BCUT2D eigenvalue weighted by atomic mass is 32.1. The first-order valence-electron chi connectivity index (χ1n) is 7.03. The molecule has 1 aliphatic rings. The second-order valence-corrected chi connectivity index (χ2v) is 6.61. The average molecular weight is 267 g/mol. The summed E-state index contributed by atoms with van der Waals surface area (Å²) in [5.41, 5.74) is 0. The Morgan fingerprint density at radius 3 is 2.89 bits per heavy atom. The van der Waals surface area contributed by atoms with Crippen LogP contribution in [0.4, 0.5) is 0 Å². The van der Waals surface area contributed by atoms with E-state index in [4.69, 9.17) is 0 Å². The molecule has 0 bridgehead atoms. The third kappa shape index (κ3) is 3.77. The monoisotopic (exact) mass is 267 g/mol. The highest BCUT2D eigenvalue weighted by Gasteiger charge is 2.23. The molecule has 2 heterocycles. The van der Waals surface area contributed by atoms with Gasteiger partial charge in [0, 0.05) is 30.7 Å². The molecule has 1 saturated heterocycles. The zero-order chi connectivity index (χ0) is 13.0. The van der Waals surface area contributed by atoms with Crippen LogP contribution in [0.25, 0.3) is 0 Å². The van der Waals surface area contributed by atoms with Crippen LogP contribution in [0.1, 0.15) is 44.7 Å². The van der Waals surface area contributed by atoms with Gasteiger partial charge in [-0.2, -0.15) is 0 Å². The number of hydrogen-bond acceptors (Lipinski definition) is 4. The van der Waals surface area contributed by atoms with Crippen molar-refractivity contribution < 1.29 is 0 Å². The summed E-state index contributed by atoms with van der Waals surface area (Å²) in [4.78, 5) is 7.07. The molecule has 4 heteroatoms. The molecule has 0 amide bonds. The van der Waals surface area contributed by atoms with Crippen molar-refractivity contribution in [1.29, 1.82) is 0 Å². The van der Waals surface area contributed by atoms with Gasteiger partial charge in [0.25, 0.3) is 0 Å². The van der Waals surface area contributed by atoms with Crippen molar-refractivity contribution in [3.05, 3.63) is 16.6 Å². The Bertz CT molecular complexity index is 331. The topological polar surface area (TPSA) is 28.2 Å². The molecule has 0 radical (unpaired) electrons. The normalized spacial score (nSPS) is 21.9. The van der Waals surface area contributed by atoms with Crippen LogP contribution in [0.5, 0.6) is 0 Å². The van der Waals surface area contributed by atoms with Gasteiger partial charge in [-0.15, -0.1) is 11.3 Å². The minimum atomic E-state index is 0.440. The minimum absolute atomic E-state index is 0.440. The number of hydrogen-bond donors (Lipinski definition) is 1. The second-order valence-electron chi connectivity index (χ2n) is 5.69. The van der Waals surface area contributed by atoms with Gasteiger partial charge in [0.05, 0.1) is 6.04 Å². The van der Waals surface area contributed by atoms with Crippen LogP contribution in [0.15, 0.2) is 11.6 Å². The first-order chi connectivity index (χ1) is 8.66. The van der Waals surface area contributed by atoms with E-state index >= 15 is 0 Å². The van der Waals surface area contributed by atoms with E-state index in [0.29, 0.717) is 18.0 Å². The smallest absolute Gasteiger partial charge is 0.109 e. The lowest BCUT2D eigenvalue weighted by Crippen LogP contribution is -2.40. The van der Waals surface area contributed by atoms with Crippen LogP contribution < -0.4 is 5.32 Å². The molecule has 1 aromatic rings. The predicted octanol–water partition coefficient (Wildman–Crippen LogP) is 2.91. The molecular formula is C14H25N3S. The zero-order valence-electron chi connectivity index (χ0n) is 11.7. The molecule has 3 nitrogen and oxygen atoms in total. The number of aromatic nitrogens is 1. The Hall–Kier alpha value is -0.450. The van der Waals surface area contributed by atoms with Gasteiger partial charge in [0.15, 0.2) is 0 Å². The molecule has 0 spiro atoms. The summed E-state index contributed by atoms with van der Waals surface area (Å²) in [5.74, 6) is 0.703. The van der Waals surface area contributed by atoms with Crippen molar-refractivity contribution in [2.45, 2.75) is 45.7 Å². The van der Waals surface area contributed by atoms with Crippen molar-refractivity contribution >= 4 is 11.3 Å². The largest absolute Gasteiger partial charge is 0.313 e. The Balaban J connectivity index is 1.99. The highest BCUT2D eigenvalue weighted by Crippen LogP contribution is 2.24. The van der Waals surface area contributed by atoms with Crippen LogP contribution in [-0.4, -0.2) is 35.6 Å². The fourth-order valence-corrected chi connectivity index (χ4v) is 3.38. The lowest BCUT2D eigenvalue weighted by molar-refractivity contribution is 0.171. The Kier molecular flexibility index (Phi) is 5.15. The fraction of sp³-hybridized carbons (Fsp3) is 0.786. The van der Waals surface area contributed by atoms with Gasteiger partial charge < -0.3 is 5.32 Å². The van der Waals surface area contributed by atoms with Gasteiger partial charge in [0.2, 0.25) is 0 Å². The first-order valence-corrected chi connectivity index (χ1v) is 7.91. The molecule has 1 N–H and O–H groups in total. The molecule has 0 aliphatic carbocycles. The summed E-state index contributed by atoms with van der Waals surface area (Å²) in [6, 6.07) is 1.11. The van der Waals surface area contributed by atoms with Crippen LogP contribution in [0.3, 0.4) is 0 Å². The van der Waals surface area contributed by atoms with Crippen molar-refractivity contribution in [3.63, 3.8) is 0 Å². The minimum Gasteiger partial charge on any atom is -0.313 e. The van der Waals surface area contributed by atoms with E-state index in [0.717, 1.165) is 13.1 Å². The molecule has 2 rings (SSSR count). The number of nitrogens with zero attached hydrogens (tertiary/aromatic N) is 2. The van der Waals surface area contributed by atoms with Gasteiger partial charge in [-0.05, 0) is 32.2 Å². The van der Waals surface area contributed by atoms with E-state index in [2.05, 4.69) is 41.4 Å². The summed E-state index contributed by atoms with van der Waals surface area (Å²) in [5, 5.41) is 6.92. The van der Waals surface area contributed by atoms with Crippen molar-refractivity contribution in [2.75, 3.05) is 19.6 Å². The lowest BCUT2D eigenvalue weighted by Gasteiger charge is -2.31. The number of rotatable bonds is 6. The zero-order valence-corrected chi connectivity index (χ0v) is 12.5. The van der Waals surface area contributed by atoms with Crippen LogP contribution >= 0.6 is 11.3 Å². The molecular weight excluding hydrogens is 242 g/mol. The molecule has 2 atom stereocenters. The molecule has 0 aromatic carbocycles. The molecule has 1 fully saturated rings. The van der Waals surface area contributed by atoms with Gasteiger partial charge in [-0.1, -0.05) is 13.8 Å². The van der Waals surface area contributed by atoms with Crippen molar-refractivity contribution in [2.24, 2.45) is 5.92 Å². The predicted molar refractivity (Wildman–Crippen MR) is 78.0 cm³/mol. The molecule has 1 aliphatic heterocycles. The van der Waals surface area contributed by atoms with E-state index in [1.165, 1.54) is 24.4 Å².